The highest BCUT2D eigenvalue weighted by Gasteiger charge is 2.20. The average Bonchev–Trinajstić information content (AvgIpc) is 2.23. The van der Waals surface area contributed by atoms with Gasteiger partial charge in [-0.2, -0.15) is 0 Å². The minimum Gasteiger partial charge on any atom is -0.399 e. The Morgan fingerprint density at radius 1 is 1.35 bits per heavy atom. The van der Waals surface area contributed by atoms with Gasteiger partial charge in [-0.15, -0.1) is 0 Å². The summed E-state index contributed by atoms with van der Waals surface area (Å²) in [7, 11) is -3.86. The Labute approximate surface area is 123 Å². The van der Waals surface area contributed by atoms with Gasteiger partial charge < -0.3 is 11.1 Å². The van der Waals surface area contributed by atoms with Crippen molar-refractivity contribution in [3.8, 4) is 0 Å². The topological polar surface area (TPSA) is 101 Å². The monoisotopic (exact) mass is 319 g/mol. The zero-order chi connectivity index (χ0) is 15.6. The number of hydrogen-bond acceptors (Lipinski definition) is 4. The standard InChI is InChI=1S/C12H18ClN3O3S/c1-12(2,3)16-11(17)7-15-20(18,19)10-5-4-8(14)6-9(10)13/h4-6,15H,7,14H2,1-3H3,(H,16,17). The summed E-state index contributed by atoms with van der Waals surface area (Å²) in [6.45, 7) is 5.04. The van der Waals surface area contributed by atoms with E-state index in [1.165, 1.54) is 18.2 Å². The molecule has 1 aromatic rings. The predicted molar refractivity (Wildman–Crippen MR) is 78.9 cm³/mol. The van der Waals surface area contributed by atoms with Crippen LogP contribution < -0.4 is 15.8 Å². The van der Waals surface area contributed by atoms with Crippen LogP contribution in [-0.2, 0) is 14.8 Å². The molecule has 0 aromatic heterocycles. The lowest BCUT2D eigenvalue weighted by atomic mass is 10.1. The highest BCUT2D eigenvalue weighted by molar-refractivity contribution is 7.89. The van der Waals surface area contributed by atoms with Crippen LogP contribution in [0.4, 0.5) is 5.69 Å². The van der Waals surface area contributed by atoms with Gasteiger partial charge in [-0.25, -0.2) is 13.1 Å². The molecule has 20 heavy (non-hydrogen) atoms. The number of nitrogens with two attached hydrogens (primary N) is 1. The summed E-state index contributed by atoms with van der Waals surface area (Å²) in [4.78, 5) is 11.5. The van der Waals surface area contributed by atoms with Gasteiger partial charge >= 0.3 is 0 Å². The molecule has 0 aliphatic rings. The third-order valence-corrected chi connectivity index (χ3v) is 4.07. The van der Waals surface area contributed by atoms with Gasteiger partial charge in [0.05, 0.1) is 11.6 Å². The summed E-state index contributed by atoms with van der Waals surface area (Å²) in [5.41, 5.74) is 5.43. The van der Waals surface area contributed by atoms with Crippen LogP contribution >= 0.6 is 11.6 Å². The first-order valence-electron chi connectivity index (χ1n) is 5.87. The van der Waals surface area contributed by atoms with E-state index < -0.39 is 21.5 Å². The zero-order valence-electron chi connectivity index (χ0n) is 11.5. The summed E-state index contributed by atoms with van der Waals surface area (Å²) in [5, 5.41) is 2.66. The quantitative estimate of drug-likeness (QED) is 0.724. The maximum Gasteiger partial charge on any atom is 0.242 e. The molecule has 6 nitrogen and oxygen atoms in total. The lowest BCUT2D eigenvalue weighted by Crippen LogP contribution is -2.45. The van der Waals surface area contributed by atoms with Crippen LogP contribution in [0.15, 0.2) is 23.1 Å². The molecule has 0 fully saturated rings. The molecule has 1 rings (SSSR count). The van der Waals surface area contributed by atoms with Crippen LogP contribution in [0.25, 0.3) is 0 Å². The Morgan fingerprint density at radius 2 is 1.95 bits per heavy atom. The number of rotatable bonds is 4. The molecule has 0 bridgehead atoms. The molecule has 1 amide bonds. The van der Waals surface area contributed by atoms with E-state index in [2.05, 4.69) is 10.0 Å². The number of amides is 1. The van der Waals surface area contributed by atoms with Gasteiger partial charge in [0.15, 0.2) is 0 Å². The van der Waals surface area contributed by atoms with Gasteiger partial charge in [0.2, 0.25) is 15.9 Å². The van der Waals surface area contributed by atoms with E-state index in [0.717, 1.165) is 0 Å². The van der Waals surface area contributed by atoms with E-state index in [9.17, 15) is 13.2 Å². The first-order valence-corrected chi connectivity index (χ1v) is 7.73. The van der Waals surface area contributed by atoms with Crippen LogP contribution in [0.2, 0.25) is 5.02 Å². The van der Waals surface area contributed by atoms with E-state index in [1.807, 2.05) is 0 Å². The molecule has 1 aromatic carbocycles. The molecule has 4 N–H and O–H groups in total. The normalized spacial score (nSPS) is 12.2. The molecule has 0 radical (unpaired) electrons. The Morgan fingerprint density at radius 3 is 2.45 bits per heavy atom. The van der Waals surface area contributed by atoms with Gasteiger partial charge in [0.25, 0.3) is 0 Å². The van der Waals surface area contributed by atoms with Crippen molar-refractivity contribution < 1.29 is 13.2 Å². The number of sulfonamides is 1. The van der Waals surface area contributed by atoms with Crippen molar-refractivity contribution in [2.24, 2.45) is 0 Å². The van der Waals surface area contributed by atoms with Gasteiger partial charge in [-0.05, 0) is 39.0 Å². The van der Waals surface area contributed by atoms with Crippen molar-refractivity contribution in [3.63, 3.8) is 0 Å². The van der Waals surface area contributed by atoms with E-state index in [4.69, 9.17) is 17.3 Å². The summed E-state index contributed by atoms with van der Waals surface area (Å²) in [6.07, 6.45) is 0. The fourth-order valence-corrected chi connectivity index (χ4v) is 2.97. The van der Waals surface area contributed by atoms with Gasteiger partial charge in [0.1, 0.15) is 4.90 Å². The molecule has 0 saturated carbocycles. The molecular formula is C12H18ClN3O3S. The highest BCUT2D eigenvalue weighted by Crippen LogP contribution is 2.23. The molecular weight excluding hydrogens is 302 g/mol. The van der Waals surface area contributed by atoms with Crippen LogP contribution in [0, 0.1) is 0 Å². The summed E-state index contributed by atoms with van der Waals surface area (Å²) in [6, 6.07) is 4.06. The molecule has 8 heteroatoms. The number of halogens is 1. The van der Waals surface area contributed by atoms with E-state index >= 15 is 0 Å². The van der Waals surface area contributed by atoms with Gasteiger partial charge in [-0.3, -0.25) is 4.79 Å². The Bertz CT molecular complexity index is 609. The molecule has 112 valence electrons. The Balaban J connectivity index is 2.78. The van der Waals surface area contributed by atoms with Crippen LogP contribution in [0.5, 0.6) is 0 Å². The fraction of sp³-hybridized carbons (Fsp3) is 0.417. The van der Waals surface area contributed by atoms with Crippen molar-refractivity contribution in [1.82, 2.24) is 10.0 Å². The highest BCUT2D eigenvalue weighted by atomic mass is 35.5. The molecule has 0 spiro atoms. The van der Waals surface area contributed by atoms with Crippen LogP contribution in [0.1, 0.15) is 20.8 Å². The maximum absolute atomic E-state index is 12.0. The lowest BCUT2D eigenvalue weighted by molar-refractivity contribution is -0.121. The number of benzene rings is 1. The smallest absolute Gasteiger partial charge is 0.242 e. The SMILES string of the molecule is CC(C)(C)NC(=O)CNS(=O)(=O)c1ccc(N)cc1Cl. The number of nitrogen functional groups attached to an aromatic ring is 1. The average molecular weight is 320 g/mol. The molecule has 0 aliphatic heterocycles. The first-order chi connectivity index (χ1) is 9.01. The van der Waals surface area contributed by atoms with Crippen molar-refractivity contribution in [2.75, 3.05) is 12.3 Å². The molecule has 0 aliphatic carbocycles. The number of hydrogen-bond donors (Lipinski definition) is 3. The van der Waals surface area contributed by atoms with Crippen molar-refractivity contribution in [1.29, 1.82) is 0 Å². The third kappa shape index (κ3) is 4.99. The van der Waals surface area contributed by atoms with Crippen molar-refractivity contribution >= 4 is 33.2 Å². The van der Waals surface area contributed by atoms with Gasteiger partial charge in [-0.1, -0.05) is 11.6 Å². The number of carbonyl (C=O) groups excluding carboxylic acids is 1. The predicted octanol–water partition coefficient (Wildman–Crippen LogP) is 1.12. The van der Waals surface area contributed by atoms with E-state index in [-0.39, 0.29) is 16.5 Å². The molecule has 0 heterocycles. The summed E-state index contributed by atoms with van der Waals surface area (Å²) < 4.78 is 26.2. The molecule has 0 unspecified atom stereocenters. The number of nitrogens with one attached hydrogen (secondary N) is 2. The summed E-state index contributed by atoms with van der Waals surface area (Å²) in [5.74, 6) is -0.423. The minimum absolute atomic E-state index is 0.00808. The summed E-state index contributed by atoms with van der Waals surface area (Å²) >= 11 is 5.84. The van der Waals surface area contributed by atoms with Crippen LogP contribution in [-0.4, -0.2) is 26.4 Å². The van der Waals surface area contributed by atoms with Crippen molar-refractivity contribution in [3.05, 3.63) is 23.2 Å². The Hall–Kier alpha value is -1.31. The second-order valence-electron chi connectivity index (χ2n) is 5.31. The zero-order valence-corrected chi connectivity index (χ0v) is 13.1. The fourth-order valence-electron chi connectivity index (χ4n) is 1.44. The van der Waals surface area contributed by atoms with Crippen LogP contribution in [0.3, 0.4) is 0 Å². The first kappa shape index (κ1) is 16.7. The maximum atomic E-state index is 12.0. The van der Waals surface area contributed by atoms with Crippen molar-refractivity contribution in [2.45, 2.75) is 31.2 Å². The van der Waals surface area contributed by atoms with E-state index in [0.29, 0.717) is 5.69 Å². The van der Waals surface area contributed by atoms with Gasteiger partial charge in [0, 0.05) is 11.2 Å². The van der Waals surface area contributed by atoms with E-state index in [1.54, 1.807) is 20.8 Å². The number of carbonyl (C=O) groups is 1. The second kappa shape index (κ2) is 5.99. The molecule has 0 atom stereocenters. The Kier molecular flexibility index (Phi) is 5.01. The second-order valence-corrected chi connectivity index (χ2v) is 7.46. The largest absolute Gasteiger partial charge is 0.399 e. The molecule has 0 saturated heterocycles. The third-order valence-electron chi connectivity index (χ3n) is 2.18. The number of anilines is 1. The minimum atomic E-state index is -3.86. The lowest BCUT2D eigenvalue weighted by Gasteiger charge is -2.20.